The van der Waals surface area contributed by atoms with Gasteiger partial charge in [-0.1, -0.05) is 32.9 Å². The number of ether oxygens (including phenoxy) is 4. The molecule has 0 spiro atoms. The monoisotopic (exact) mass is 481 g/mol. The maximum atomic E-state index is 12.2. The lowest BCUT2D eigenvalue weighted by molar-refractivity contribution is -0.00618. The fraction of sp³-hybridized carbons (Fsp3) is 0.667. The predicted molar refractivity (Wildman–Crippen MR) is 128 cm³/mol. The van der Waals surface area contributed by atoms with E-state index in [4.69, 9.17) is 23.4 Å². The number of carbonyl (C=O) groups is 2. The fourth-order valence-electron chi connectivity index (χ4n) is 2.93. The molecule has 1 aliphatic heterocycles. The molecule has 0 saturated heterocycles. The second-order valence-corrected chi connectivity index (χ2v) is 14.2. The van der Waals surface area contributed by atoms with Crippen LogP contribution in [-0.4, -0.2) is 91.0 Å². The van der Waals surface area contributed by atoms with Crippen LogP contribution in [0.25, 0.3) is 0 Å². The highest BCUT2D eigenvalue weighted by Crippen LogP contribution is 2.36. The van der Waals surface area contributed by atoms with E-state index in [0.717, 1.165) is 0 Å². The zero-order valence-corrected chi connectivity index (χ0v) is 21.7. The number of nitrogens with zero attached hydrogens (tertiary/aromatic N) is 1. The molecular weight excluding hydrogens is 442 g/mol. The van der Waals surface area contributed by atoms with E-state index in [2.05, 4.69) is 33.9 Å². The number of hydrogen-bond donors (Lipinski definition) is 0. The Balaban J connectivity index is 1.38. The smallest absolute Gasteiger partial charge is 0.261 e. The van der Waals surface area contributed by atoms with Crippen molar-refractivity contribution in [2.45, 2.75) is 38.9 Å². The molecule has 0 unspecified atom stereocenters. The van der Waals surface area contributed by atoms with Gasteiger partial charge in [0.15, 0.2) is 8.32 Å². The molecule has 0 aromatic heterocycles. The zero-order chi connectivity index (χ0) is 24.3. The zero-order valence-electron chi connectivity index (χ0n) is 20.7. The van der Waals surface area contributed by atoms with Crippen molar-refractivity contribution in [2.75, 3.05) is 66.0 Å². The van der Waals surface area contributed by atoms with Gasteiger partial charge < -0.3 is 23.4 Å². The van der Waals surface area contributed by atoms with Gasteiger partial charge >= 0.3 is 0 Å². The van der Waals surface area contributed by atoms with Crippen LogP contribution in [0.2, 0.25) is 18.1 Å². The number of amides is 2. The highest BCUT2D eigenvalue weighted by Gasteiger charge is 2.37. The highest BCUT2D eigenvalue weighted by molar-refractivity contribution is 6.74. The molecule has 1 heterocycles. The van der Waals surface area contributed by atoms with Crippen LogP contribution >= 0.6 is 0 Å². The van der Waals surface area contributed by atoms with Crippen molar-refractivity contribution >= 4 is 20.1 Å². The number of rotatable bonds is 16. The van der Waals surface area contributed by atoms with Crippen LogP contribution in [0, 0.1) is 0 Å². The molecule has 9 heteroatoms. The number of fused-ring (bicyclic) bond motifs is 1. The van der Waals surface area contributed by atoms with Crippen molar-refractivity contribution in [3.05, 3.63) is 35.4 Å². The Labute approximate surface area is 198 Å². The molecule has 0 saturated carbocycles. The summed E-state index contributed by atoms with van der Waals surface area (Å²) in [7, 11) is -1.70. The van der Waals surface area contributed by atoms with E-state index >= 15 is 0 Å². The molecule has 1 aromatic carbocycles. The molecular formula is C24H39NO7Si. The molecule has 0 atom stereocenters. The normalized spacial score (nSPS) is 14.3. The van der Waals surface area contributed by atoms with Crippen molar-refractivity contribution in [1.82, 2.24) is 4.90 Å². The van der Waals surface area contributed by atoms with Crippen LogP contribution in [0.15, 0.2) is 24.3 Å². The fourth-order valence-corrected chi connectivity index (χ4v) is 3.96. The van der Waals surface area contributed by atoms with Gasteiger partial charge in [-0.25, -0.2) is 0 Å². The summed E-state index contributed by atoms with van der Waals surface area (Å²) in [5.74, 6) is -0.528. The van der Waals surface area contributed by atoms with E-state index in [1.54, 1.807) is 24.3 Å². The number of carbonyl (C=O) groups excluding carboxylic acids is 2. The molecule has 0 fully saturated rings. The molecule has 0 aliphatic carbocycles. The molecule has 33 heavy (non-hydrogen) atoms. The largest absolute Gasteiger partial charge is 0.414 e. The third-order valence-corrected chi connectivity index (χ3v) is 10.5. The summed E-state index contributed by atoms with van der Waals surface area (Å²) in [5.41, 5.74) is 0.909. The van der Waals surface area contributed by atoms with Crippen molar-refractivity contribution in [2.24, 2.45) is 0 Å². The second kappa shape index (κ2) is 13.3. The third-order valence-electron chi connectivity index (χ3n) is 5.95. The Kier molecular flexibility index (Phi) is 11.1. The summed E-state index contributed by atoms with van der Waals surface area (Å²) < 4.78 is 28.0. The van der Waals surface area contributed by atoms with Crippen molar-refractivity contribution in [3.63, 3.8) is 0 Å². The van der Waals surface area contributed by atoms with Gasteiger partial charge in [0.1, 0.15) is 0 Å². The van der Waals surface area contributed by atoms with Gasteiger partial charge in [-0.2, -0.15) is 0 Å². The van der Waals surface area contributed by atoms with E-state index in [-0.39, 0.29) is 30.0 Å². The molecule has 0 N–H and O–H groups in total. The van der Waals surface area contributed by atoms with Gasteiger partial charge in [-0.3, -0.25) is 14.5 Å². The third kappa shape index (κ3) is 8.59. The average Bonchev–Trinajstić information content (AvgIpc) is 3.00. The van der Waals surface area contributed by atoms with Crippen LogP contribution in [-0.2, 0) is 23.4 Å². The van der Waals surface area contributed by atoms with Crippen molar-refractivity contribution < 1.29 is 33.0 Å². The lowest BCUT2D eigenvalue weighted by Crippen LogP contribution is -2.41. The van der Waals surface area contributed by atoms with Crippen molar-refractivity contribution in [3.8, 4) is 0 Å². The molecule has 2 amide bonds. The maximum absolute atomic E-state index is 12.2. The van der Waals surface area contributed by atoms with Gasteiger partial charge in [0, 0.05) is 0 Å². The van der Waals surface area contributed by atoms with Gasteiger partial charge in [0.25, 0.3) is 11.8 Å². The first-order valence-corrected chi connectivity index (χ1v) is 14.5. The maximum Gasteiger partial charge on any atom is 0.261 e. The summed E-state index contributed by atoms with van der Waals surface area (Å²) in [5, 5.41) is 0.208. The summed E-state index contributed by atoms with van der Waals surface area (Å²) >= 11 is 0. The minimum atomic E-state index is -1.70. The van der Waals surface area contributed by atoms with Crippen LogP contribution in [0.1, 0.15) is 41.5 Å². The Hall–Kier alpha value is -1.62. The summed E-state index contributed by atoms with van der Waals surface area (Å²) in [6, 6.07) is 6.85. The van der Waals surface area contributed by atoms with E-state index < -0.39 is 8.32 Å². The highest BCUT2D eigenvalue weighted by atomic mass is 28.4. The Morgan fingerprint density at radius 1 is 0.697 bits per heavy atom. The van der Waals surface area contributed by atoms with Gasteiger partial charge in [-0.05, 0) is 30.3 Å². The topological polar surface area (TPSA) is 83.5 Å². The summed E-state index contributed by atoms with van der Waals surface area (Å²) in [4.78, 5) is 25.7. The lowest BCUT2D eigenvalue weighted by atomic mass is 10.1. The number of hydrogen-bond acceptors (Lipinski definition) is 7. The number of imide groups is 1. The van der Waals surface area contributed by atoms with Crippen LogP contribution in [0.5, 0.6) is 0 Å². The first kappa shape index (κ1) is 27.6. The van der Waals surface area contributed by atoms with Crippen molar-refractivity contribution in [1.29, 1.82) is 0 Å². The average molecular weight is 482 g/mol. The van der Waals surface area contributed by atoms with Crippen LogP contribution < -0.4 is 0 Å². The van der Waals surface area contributed by atoms with E-state index in [9.17, 15) is 9.59 Å². The van der Waals surface area contributed by atoms with Gasteiger partial charge in [-0.15, -0.1) is 0 Å². The Bertz CT molecular complexity index is 728. The quantitative estimate of drug-likeness (QED) is 0.203. The molecule has 0 radical (unpaired) electrons. The lowest BCUT2D eigenvalue weighted by Gasteiger charge is -2.36. The van der Waals surface area contributed by atoms with Gasteiger partial charge in [0.05, 0.1) is 77.1 Å². The van der Waals surface area contributed by atoms with Crippen LogP contribution in [0.3, 0.4) is 0 Å². The predicted octanol–water partition coefficient (Wildman–Crippen LogP) is 3.37. The minimum absolute atomic E-state index is 0.208. The summed E-state index contributed by atoms with van der Waals surface area (Å²) in [6.45, 7) is 15.6. The first-order valence-electron chi connectivity index (χ1n) is 11.6. The summed E-state index contributed by atoms with van der Waals surface area (Å²) in [6.07, 6.45) is 0. The van der Waals surface area contributed by atoms with E-state index in [1.165, 1.54) is 4.90 Å². The minimum Gasteiger partial charge on any atom is -0.414 e. The molecule has 2 rings (SSSR count). The molecule has 1 aliphatic rings. The molecule has 186 valence electrons. The number of benzene rings is 1. The SMILES string of the molecule is CC(C)(C)[Si](C)(C)OCCOCCOCCOCCOCCN1C(=O)c2ccccc2C1=O. The molecule has 8 nitrogen and oxygen atoms in total. The van der Waals surface area contributed by atoms with E-state index in [1.807, 2.05) is 0 Å². The first-order chi connectivity index (χ1) is 15.6. The molecule has 1 aromatic rings. The Morgan fingerprint density at radius 2 is 1.09 bits per heavy atom. The van der Waals surface area contributed by atoms with Crippen LogP contribution in [0.4, 0.5) is 0 Å². The standard InChI is InChI=1S/C24H39NO7Si/c1-24(2,3)33(4,5)32-19-18-31-17-16-30-15-14-29-13-12-28-11-10-25-22(26)20-8-6-7-9-21(20)23(25)27/h6-9H,10-19H2,1-5H3. The Morgan fingerprint density at radius 3 is 1.52 bits per heavy atom. The van der Waals surface area contributed by atoms with Gasteiger partial charge in [0.2, 0.25) is 0 Å². The van der Waals surface area contributed by atoms with E-state index in [0.29, 0.717) is 64.0 Å². The molecule has 0 bridgehead atoms. The second-order valence-electron chi connectivity index (χ2n) is 9.37.